The van der Waals surface area contributed by atoms with Crippen molar-refractivity contribution in [3.05, 3.63) is 88.8 Å². The summed E-state index contributed by atoms with van der Waals surface area (Å²) in [6, 6.07) is 20.5. The lowest BCUT2D eigenvalue weighted by molar-refractivity contribution is 0.0934. The number of ketones is 1. The van der Waals surface area contributed by atoms with Crippen molar-refractivity contribution >= 4 is 38.1 Å². The van der Waals surface area contributed by atoms with Gasteiger partial charge in [0.2, 0.25) is 0 Å². The van der Waals surface area contributed by atoms with Crippen LogP contribution in [0.2, 0.25) is 5.02 Å². The van der Waals surface area contributed by atoms with Gasteiger partial charge in [0.1, 0.15) is 17.6 Å². The molecule has 0 N–H and O–H groups in total. The number of rotatable bonds is 5. The van der Waals surface area contributed by atoms with Crippen molar-refractivity contribution < 1.29 is 17.6 Å². The van der Waals surface area contributed by atoms with Gasteiger partial charge in [0.25, 0.3) is 0 Å². The second-order valence-electron chi connectivity index (χ2n) is 9.61. The molecule has 36 heavy (non-hydrogen) atoms. The maximum absolute atomic E-state index is 13.7. The lowest BCUT2D eigenvalue weighted by Gasteiger charge is -2.20. The van der Waals surface area contributed by atoms with Crippen molar-refractivity contribution in [1.29, 1.82) is 5.26 Å². The summed E-state index contributed by atoms with van der Waals surface area (Å²) in [5.41, 5.74) is 2.58. The number of hydrogen-bond acceptors (Lipinski definition) is 4. The van der Waals surface area contributed by atoms with Crippen LogP contribution >= 0.6 is 11.6 Å². The maximum atomic E-state index is 13.7. The molecule has 5 rings (SSSR count). The minimum Gasteiger partial charge on any atom is -0.300 e. The fourth-order valence-electron chi connectivity index (χ4n) is 5.07. The van der Waals surface area contributed by atoms with Crippen LogP contribution in [0.1, 0.15) is 35.8 Å². The Morgan fingerprint density at radius 1 is 1.14 bits per heavy atom. The van der Waals surface area contributed by atoms with Crippen molar-refractivity contribution in [2.24, 2.45) is 5.41 Å². The molecule has 1 fully saturated rings. The molecule has 1 unspecified atom stereocenters. The van der Waals surface area contributed by atoms with Crippen molar-refractivity contribution in [2.45, 2.75) is 19.8 Å². The predicted molar refractivity (Wildman–Crippen MR) is 139 cm³/mol. The number of nitrogens with zero attached hydrogens (tertiary/aromatic N) is 2. The van der Waals surface area contributed by atoms with E-state index < -0.39 is 21.1 Å². The van der Waals surface area contributed by atoms with Crippen LogP contribution in [-0.2, 0) is 9.84 Å². The van der Waals surface area contributed by atoms with Crippen LogP contribution in [0.3, 0.4) is 0 Å². The van der Waals surface area contributed by atoms with Gasteiger partial charge in [0.15, 0.2) is 15.6 Å². The number of aromatic nitrogens is 1. The zero-order valence-corrected chi connectivity index (χ0v) is 21.0. The topological polar surface area (TPSA) is 79.9 Å². The van der Waals surface area contributed by atoms with E-state index in [1.165, 1.54) is 12.1 Å². The number of carbonyl (C=O) groups is 1. The quantitative estimate of drug-likeness (QED) is 0.287. The molecule has 2 heterocycles. The number of Topliss-reactive ketones (excluding diaryl/α,β-unsaturated/α-hetero) is 1. The van der Waals surface area contributed by atoms with Crippen molar-refractivity contribution in [3.8, 4) is 22.9 Å². The summed E-state index contributed by atoms with van der Waals surface area (Å²) in [6.45, 7) is 1.83. The lowest BCUT2D eigenvalue weighted by atomic mass is 9.83. The molecule has 4 aromatic rings. The van der Waals surface area contributed by atoms with Gasteiger partial charge >= 0.3 is 0 Å². The van der Waals surface area contributed by atoms with E-state index in [2.05, 4.69) is 6.07 Å². The van der Waals surface area contributed by atoms with Crippen LogP contribution in [0.15, 0.2) is 66.7 Å². The highest BCUT2D eigenvalue weighted by atomic mass is 35.5. The molecule has 0 amide bonds. The predicted octanol–water partition coefficient (Wildman–Crippen LogP) is 6.36. The van der Waals surface area contributed by atoms with Crippen molar-refractivity contribution in [1.82, 2.24) is 4.57 Å². The van der Waals surface area contributed by atoms with Gasteiger partial charge < -0.3 is 4.57 Å². The third-order valence-electron chi connectivity index (χ3n) is 6.80. The number of benzene rings is 3. The second-order valence-corrected chi connectivity index (χ2v) is 12.2. The summed E-state index contributed by atoms with van der Waals surface area (Å²) < 4.78 is 39.4. The van der Waals surface area contributed by atoms with E-state index >= 15 is 0 Å². The average molecular weight is 521 g/mol. The Kier molecular flexibility index (Phi) is 5.98. The number of fused-ring (bicyclic) bond motifs is 1. The van der Waals surface area contributed by atoms with Gasteiger partial charge in [0.05, 0.1) is 17.0 Å². The first-order valence-electron chi connectivity index (χ1n) is 11.4. The molecule has 0 bridgehead atoms. The molecule has 3 aromatic carbocycles. The van der Waals surface area contributed by atoms with E-state index in [0.717, 1.165) is 5.39 Å². The molecule has 1 atom stereocenters. The molecule has 0 spiro atoms. The molecule has 1 aliphatic rings. The van der Waals surface area contributed by atoms with Crippen LogP contribution < -0.4 is 0 Å². The third-order valence-corrected chi connectivity index (χ3v) is 9.09. The highest BCUT2D eigenvalue weighted by molar-refractivity contribution is 7.91. The van der Waals surface area contributed by atoms with Crippen LogP contribution in [-0.4, -0.2) is 30.3 Å². The minimum atomic E-state index is -3.14. The average Bonchev–Trinajstić information content (AvgIpc) is 3.31. The molecule has 1 aromatic heterocycles. The third kappa shape index (κ3) is 4.32. The van der Waals surface area contributed by atoms with Crippen molar-refractivity contribution in [3.63, 3.8) is 0 Å². The van der Waals surface area contributed by atoms with Gasteiger partial charge in [0, 0.05) is 39.2 Å². The fourth-order valence-corrected chi connectivity index (χ4v) is 7.56. The molecule has 5 nitrogen and oxygen atoms in total. The molecule has 0 aliphatic carbocycles. The normalized spacial score (nSPS) is 18.8. The Morgan fingerprint density at radius 2 is 1.86 bits per heavy atom. The van der Waals surface area contributed by atoms with Crippen LogP contribution in [0, 0.1) is 22.6 Å². The van der Waals surface area contributed by atoms with E-state index in [1.807, 2.05) is 19.1 Å². The Labute approximate surface area is 213 Å². The van der Waals surface area contributed by atoms with Crippen LogP contribution in [0.4, 0.5) is 4.39 Å². The Morgan fingerprint density at radius 3 is 2.50 bits per heavy atom. The first kappa shape index (κ1) is 24.2. The van der Waals surface area contributed by atoms with Gasteiger partial charge in [-0.3, -0.25) is 4.79 Å². The molecule has 0 radical (unpaired) electrons. The molecule has 0 saturated carbocycles. The highest BCUT2D eigenvalue weighted by Crippen LogP contribution is 2.41. The summed E-state index contributed by atoms with van der Waals surface area (Å²) in [4.78, 5) is 13.3. The summed E-state index contributed by atoms with van der Waals surface area (Å²) >= 11 is 6.51. The summed E-state index contributed by atoms with van der Waals surface area (Å²) in [5, 5.41) is 11.4. The summed E-state index contributed by atoms with van der Waals surface area (Å²) in [5.74, 6) is -0.484. The monoisotopic (exact) mass is 520 g/mol. The Balaban J connectivity index is 1.70. The van der Waals surface area contributed by atoms with E-state index in [4.69, 9.17) is 11.6 Å². The standard InChI is InChI=1S/C28H22ClFN2O3S/c1-28(12-13-36(34,35)17-28)15-26(33)18-6-11-22-24(14-18)32(20-9-7-19(30)8-10-20)25(16-31)27(22)21-4-2-3-5-23(21)29/h2-11,14H,12-13,15,17H2,1H3. The minimum absolute atomic E-state index is 0.00479. The fraction of sp³-hybridized carbons (Fsp3) is 0.214. The molecular weight excluding hydrogens is 499 g/mol. The van der Waals surface area contributed by atoms with Gasteiger partial charge in [-0.25, -0.2) is 12.8 Å². The molecule has 1 saturated heterocycles. The zero-order chi connectivity index (χ0) is 25.7. The number of sulfone groups is 1. The van der Waals surface area contributed by atoms with Gasteiger partial charge in [-0.15, -0.1) is 0 Å². The van der Waals surface area contributed by atoms with E-state index in [1.54, 1.807) is 47.0 Å². The molecular formula is C28H22ClFN2O3S. The van der Waals surface area contributed by atoms with Gasteiger partial charge in [-0.2, -0.15) is 5.26 Å². The maximum Gasteiger partial charge on any atom is 0.163 e. The van der Waals surface area contributed by atoms with Gasteiger partial charge in [-0.05, 0) is 48.2 Å². The molecule has 182 valence electrons. The van der Waals surface area contributed by atoms with E-state index in [9.17, 15) is 22.9 Å². The number of halogens is 2. The first-order chi connectivity index (χ1) is 17.1. The Bertz CT molecular complexity index is 1670. The highest BCUT2D eigenvalue weighted by Gasteiger charge is 2.40. The number of carbonyl (C=O) groups excluding carboxylic acids is 1. The summed E-state index contributed by atoms with van der Waals surface area (Å²) in [7, 11) is -3.14. The lowest BCUT2D eigenvalue weighted by Crippen LogP contribution is -2.22. The zero-order valence-electron chi connectivity index (χ0n) is 19.5. The van der Waals surface area contributed by atoms with Crippen molar-refractivity contribution in [2.75, 3.05) is 11.5 Å². The van der Waals surface area contributed by atoms with E-state index in [0.29, 0.717) is 45.0 Å². The Hall–Kier alpha value is -3.47. The summed E-state index contributed by atoms with van der Waals surface area (Å²) in [6.07, 6.45) is 0.558. The molecule has 8 heteroatoms. The number of hydrogen-bond donors (Lipinski definition) is 0. The molecule has 1 aliphatic heterocycles. The smallest absolute Gasteiger partial charge is 0.163 e. The first-order valence-corrected chi connectivity index (χ1v) is 13.6. The van der Waals surface area contributed by atoms with Gasteiger partial charge in [-0.1, -0.05) is 48.9 Å². The van der Waals surface area contributed by atoms with E-state index in [-0.39, 0.29) is 23.7 Å². The largest absolute Gasteiger partial charge is 0.300 e. The SMILES string of the molecule is CC1(CC(=O)c2ccc3c(-c4ccccc4Cl)c(C#N)n(-c4ccc(F)cc4)c3c2)CCS(=O)(=O)C1. The second kappa shape index (κ2) is 8.88. The van der Waals surface area contributed by atoms with Crippen LogP contribution in [0.25, 0.3) is 27.7 Å². The number of nitriles is 1. The van der Waals surface area contributed by atoms with Crippen LogP contribution in [0.5, 0.6) is 0 Å².